The summed E-state index contributed by atoms with van der Waals surface area (Å²) >= 11 is 0. The molecule has 0 aromatic carbocycles. The fourth-order valence-corrected chi connectivity index (χ4v) is 2.57. The van der Waals surface area contributed by atoms with Gasteiger partial charge in [0.15, 0.2) is 0 Å². The van der Waals surface area contributed by atoms with Gasteiger partial charge in [-0.3, -0.25) is 9.59 Å². The van der Waals surface area contributed by atoms with Gasteiger partial charge in [0.25, 0.3) is 0 Å². The summed E-state index contributed by atoms with van der Waals surface area (Å²) in [5.41, 5.74) is 0. The normalized spacial score (nSPS) is 11.4. The zero-order valence-corrected chi connectivity index (χ0v) is 16.2. The van der Waals surface area contributed by atoms with Crippen LogP contribution in [0.3, 0.4) is 0 Å². The second-order valence-corrected chi connectivity index (χ2v) is 6.62. The first kappa shape index (κ1) is 23.4. The van der Waals surface area contributed by atoms with Crippen molar-refractivity contribution in [2.75, 3.05) is 13.6 Å². The van der Waals surface area contributed by atoms with E-state index in [9.17, 15) is 9.59 Å². The Kier molecular flexibility index (Phi) is 16.2. The third-order valence-electron chi connectivity index (χ3n) is 4.14. The SMILES string of the molecule is CCCCCC=CCC=CCCCCCCCC(=O)N(C)CC(=O)O. The molecule has 4 heteroatoms. The molecule has 0 saturated heterocycles. The summed E-state index contributed by atoms with van der Waals surface area (Å²) in [5, 5.41) is 8.63. The van der Waals surface area contributed by atoms with Gasteiger partial charge in [0, 0.05) is 13.5 Å². The van der Waals surface area contributed by atoms with Crippen LogP contribution in [0.15, 0.2) is 24.3 Å². The fourth-order valence-electron chi connectivity index (χ4n) is 2.57. The maximum Gasteiger partial charge on any atom is 0.323 e. The van der Waals surface area contributed by atoms with Crippen LogP contribution in [0.5, 0.6) is 0 Å². The zero-order chi connectivity index (χ0) is 18.8. The van der Waals surface area contributed by atoms with Gasteiger partial charge in [0.2, 0.25) is 5.91 Å². The van der Waals surface area contributed by atoms with Gasteiger partial charge in [0.1, 0.15) is 6.54 Å². The Morgan fingerprint density at radius 3 is 2.00 bits per heavy atom. The molecule has 0 bridgehead atoms. The summed E-state index contributed by atoms with van der Waals surface area (Å²) in [5.74, 6) is -1.04. The lowest BCUT2D eigenvalue weighted by Crippen LogP contribution is -2.31. The van der Waals surface area contributed by atoms with Crippen LogP contribution in [0.2, 0.25) is 0 Å². The van der Waals surface area contributed by atoms with E-state index in [1.165, 1.54) is 43.4 Å². The number of nitrogens with zero attached hydrogens (tertiary/aromatic N) is 1. The van der Waals surface area contributed by atoms with Gasteiger partial charge in [-0.25, -0.2) is 0 Å². The lowest BCUT2D eigenvalue weighted by Gasteiger charge is -2.14. The smallest absolute Gasteiger partial charge is 0.323 e. The fraction of sp³-hybridized carbons (Fsp3) is 0.714. The van der Waals surface area contributed by atoms with Crippen LogP contribution in [0.1, 0.15) is 84.0 Å². The largest absolute Gasteiger partial charge is 0.480 e. The number of allylic oxidation sites excluding steroid dienone is 4. The molecule has 25 heavy (non-hydrogen) atoms. The summed E-state index contributed by atoms with van der Waals surface area (Å²) in [7, 11) is 1.54. The van der Waals surface area contributed by atoms with Crippen LogP contribution in [0, 0.1) is 0 Å². The molecular weight excluding hydrogens is 314 g/mol. The van der Waals surface area contributed by atoms with E-state index in [1.54, 1.807) is 7.05 Å². The van der Waals surface area contributed by atoms with E-state index < -0.39 is 5.97 Å². The Morgan fingerprint density at radius 2 is 1.40 bits per heavy atom. The predicted molar refractivity (Wildman–Crippen MR) is 105 cm³/mol. The Morgan fingerprint density at radius 1 is 0.840 bits per heavy atom. The number of rotatable bonds is 16. The molecular formula is C21H37NO3. The lowest BCUT2D eigenvalue weighted by atomic mass is 10.1. The van der Waals surface area contributed by atoms with Crippen molar-refractivity contribution in [2.45, 2.75) is 84.0 Å². The number of aliphatic carboxylic acids is 1. The molecule has 0 aliphatic heterocycles. The molecule has 1 amide bonds. The first-order chi connectivity index (χ1) is 12.1. The van der Waals surface area contributed by atoms with Crippen molar-refractivity contribution < 1.29 is 14.7 Å². The number of amides is 1. The van der Waals surface area contributed by atoms with E-state index >= 15 is 0 Å². The highest BCUT2D eigenvalue weighted by atomic mass is 16.4. The highest BCUT2D eigenvalue weighted by Gasteiger charge is 2.10. The molecule has 0 heterocycles. The van der Waals surface area contributed by atoms with Crippen LogP contribution in [0.4, 0.5) is 0 Å². The maximum atomic E-state index is 11.7. The summed E-state index contributed by atoms with van der Waals surface area (Å²) in [6, 6.07) is 0. The molecule has 4 nitrogen and oxygen atoms in total. The van der Waals surface area contributed by atoms with Crippen LogP contribution in [0.25, 0.3) is 0 Å². The van der Waals surface area contributed by atoms with E-state index in [1.807, 2.05) is 0 Å². The molecule has 0 saturated carbocycles. The minimum Gasteiger partial charge on any atom is -0.480 e. The predicted octanol–water partition coefficient (Wildman–Crippen LogP) is 5.34. The molecule has 0 fully saturated rings. The Labute approximate surface area is 154 Å². The van der Waals surface area contributed by atoms with Crippen molar-refractivity contribution in [2.24, 2.45) is 0 Å². The monoisotopic (exact) mass is 351 g/mol. The molecule has 0 atom stereocenters. The highest BCUT2D eigenvalue weighted by Crippen LogP contribution is 2.09. The quantitative estimate of drug-likeness (QED) is 0.301. The van der Waals surface area contributed by atoms with E-state index in [0.29, 0.717) is 6.42 Å². The first-order valence-corrected chi connectivity index (χ1v) is 9.83. The van der Waals surface area contributed by atoms with Crippen molar-refractivity contribution in [3.63, 3.8) is 0 Å². The zero-order valence-electron chi connectivity index (χ0n) is 16.2. The standard InChI is InChI=1S/C21H37NO3/c1-3-4-5-6-7-8-9-10-11-12-13-14-15-16-17-18-20(23)22(2)19-21(24)25/h7-8,10-11H,3-6,9,12-19H2,1-2H3,(H,24,25). The minimum atomic E-state index is -0.962. The molecule has 0 unspecified atom stereocenters. The molecule has 0 spiro atoms. The molecule has 1 N–H and O–H groups in total. The number of carbonyl (C=O) groups excluding carboxylic acids is 1. The Bertz CT molecular complexity index is 402. The van der Waals surface area contributed by atoms with Gasteiger partial charge in [-0.05, 0) is 38.5 Å². The van der Waals surface area contributed by atoms with Crippen molar-refractivity contribution in [3.05, 3.63) is 24.3 Å². The van der Waals surface area contributed by atoms with Gasteiger partial charge >= 0.3 is 5.97 Å². The average molecular weight is 352 g/mol. The first-order valence-electron chi connectivity index (χ1n) is 9.83. The van der Waals surface area contributed by atoms with Gasteiger partial charge in [-0.15, -0.1) is 0 Å². The third kappa shape index (κ3) is 17.0. The van der Waals surface area contributed by atoms with E-state index in [0.717, 1.165) is 32.1 Å². The molecule has 0 aliphatic carbocycles. The second-order valence-electron chi connectivity index (χ2n) is 6.62. The third-order valence-corrected chi connectivity index (χ3v) is 4.14. The molecule has 0 aliphatic rings. The lowest BCUT2D eigenvalue weighted by molar-refractivity contribution is -0.143. The number of carbonyl (C=O) groups is 2. The van der Waals surface area contributed by atoms with Gasteiger partial charge in [-0.2, -0.15) is 0 Å². The summed E-state index contributed by atoms with van der Waals surface area (Å²) in [6.45, 7) is 2.02. The van der Waals surface area contributed by atoms with Crippen molar-refractivity contribution in [1.29, 1.82) is 0 Å². The number of likely N-dealkylation sites (N-methyl/N-ethyl adjacent to an activating group) is 1. The summed E-state index contributed by atoms with van der Waals surface area (Å²) < 4.78 is 0. The highest BCUT2D eigenvalue weighted by molar-refractivity contribution is 5.80. The van der Waals surface area contributed by atoms with Crippen LogP contribution in [-0.2, 0) is 9.59 Å². The van der Waals surface area contributed by atoms with Crippen molar-refractivity contribution >= 4 is 11.9 Å². The van der Waals surface area contributed by atoms with Crippen molar-refractivity contribution in [3.8, 4) is 0 Å². The molecule has 0 aromatic heterocycles. The van der Waals surface area contributed by atoms with E-state index in [4.69, 9.17) is 5.11 Å². The van der Waals surface area contributed by atoms with Gasteiger partial charge in [-0.1, -0.05) is 63.3 Å². The Balaban J connectivity index is 3.39. The van der Waals surface area contributed by atoms with Gasteiger partial charge in [0.05, 0.1) is 0 Å². The number of hydrogen-bond donors (Lipinski definition) is 1. The van der Waals surface area contributed by atoms with Crippen LogP contribution < -0.4 is 0 Å². The average Bonchev–Trinajstić information content (AvgIpc) is 2.57. The topological polar surface area (TPSA) is 57.6 Å². The molecule has 0 radical (unpaired) electrons. The molecule has 144 valence electrons. The van der Waals surface area contributed by atoms with Crippen LogP contribution >= 0.6 is 0 Å². The minimum absolute atomic E-state index is 0.0758. The van der Waals surface area contributed by atoms with Crippen LogP contribution in [-0.4, -0.2) is 35.5 Å². The number of carboxylic acids is 1. The molecule has 0 rings (SSSR count). The Hall–Kier alpha value is -1.58. The van der Waals surface area contributed by atoms with E-state index in [2.05, 4.69) is 31.2 Å². The van der Waals surface area contributed by atoms with Gasteiger partial charge < -0.3 is 10.0 Å². The molecule has 0 aromatic rings. The number of carboxylic acid groups (broad SMARTS) is 1. The summed E-state index contributed by atoms with van der Waals surface area (Å²) in [4.78, 5) is 23.5. The van der Waals surface area contributed by atoms with E-state index in [-0.39, 0.29) is 12.5 Å². The number of unbranched alkanes of at least 4 members (excludes halogenated alkanes) is 8. The maximum absolute atomic E-state index is 11.7. The second kappa shape index (κ2) is 17.2. The van der Waals surface area contributed by atoms with Crippen molar-refractivity contribution in [1.82, 2.24) is 4.90 Å². The summed E-state index contributed by atoms with van der Waals surface area (Å²) in [6.07, 6.45) is 22.2. The number of hydrogen-bond acceptors (Lipinski definition) is 2.